The number of ketones is 3. The molecule has 0 bridgehead atoms. The predicted molar refractivity (Wildman–Crippen MR) is 66.1 cm³/mol. The molecule has 0 saturated heterocycles. The number of carbonyl (C=O) groups is 3. The van der Waals surface area contributed by atoms with Crippen molar-refractivity contribution in [2.45, 2.75) is 45.4 Å². The number of aliphatic hydroxyl groups is 1. The van der Waals surface area contributed by atoms with Gasteiger partial charge in [0.15, 0.2) is 0 Å². The molecule has 104 valence electrons. The third-order valence-corrected chi connectivity index (χ3v) is 3.40. The van der Waals surface area contributed by atoms with E-state index in [2.05, 4.69) is 6.92 Å². The lowest BCUT2D eigenvalue weighted by atomic mass is 9.81. The number of hydrogen-bond donors (Lipinski definition) is 1. The van der Waals surface area contributed by atoms with Crippen LogP contribution in [0.1, 0.15) is 45.4 Å². The van der Waals surface area contributed by atoms with E-state index in [4.69, 9.17) is 5.11 Å². The molecule has 0 aromatic carbocycles. The summed E-state index contributed by atoms with van der Waals surface area (Å²) in [5.74, 6) is -2.10. The van der Waals surface area contributed by atoms with Crippen LogP contribution in [0.2, 0.25) is 0 Å². The lowest BCUT2D eigenvalue weighted by Crippen LogP contribution is -2.21. The minimum absolute atomic E-state index is 0. The molecule has 0 aromatic rings. The molecule has 2 atom stereocenters. The highest BCUT2D eigenvalue weighted by molar-refractivity contribution is 6.68. The zero-order chi connectivity index (χ0) is 12.8. The Labute approximate surface area is 107 Å². The van der Waals surface area contributed by atoms with Gasteiger partial charge in [0.05, 0.1) is 0 Å². The molecule has 0 radical (unpaired) electrons. The second-order valence-corrected chi connectivity index (χ2v) is 4.63. The first-order chi connectivity index (χ1) is 8.13. The van der Waals surface area contributed by atoms with E-state index in [1.54, 1.807) is 0 Å². The second kappa shape index (κ2) is 8.11. The molecule has 0 spiro atoms. The minimum atomic E-state index is -0.744. The van der Waals surface area contributed by atoms with Crippen LogP contribution >= 0.6 is 0 Å². The first-order valence-electron chi connectivity index (χ1n) is 6.36. The third-order valence-electron chi connectivity index (χ3n) is 3.40. The van der Waals surface area contributed by atoms with E-state index in [0.717, 1.165) is 38.5 Å². The van der Waals surface area contributed by atoms with E-state index in [9.17, 15) is 14.4 Å². The van der Waals surface area contributed by atoms with Gasteiger partial charge in [0.1, 0.15) is 0 Å². The number of carbonyl (C=O) groups excluding carboxylic acids is 3. The summed E-state index contributed by atoms with van der Waals surface area (Å²) >= 11 is 0. The van der Waals surface area contributed by atoms with E-state index >= 15 is 0 Å². The highest BCUT2D eigenvalue weighted by Crippen LogP contribution is 2.36. The summed E-state index contributed by atoms with van der Waals surface area (Å²) in [5.41, 5.74) is 0. The van der Waals surface area contributed by atoms with Crippen LogP contribution in [0, 0.1) is 11.8 Å². The molecule has 3 N–H and O–H groups in total. The maximum atomic E-state index is 11.2. The maximum Gasteiger partial charge on any atom is 0.264 e. The van der Waals surface area contributed by atoms with Crippen LogP contribution in [0.25, 0.3) is 0 Å². The summed E-state index contributed by atoms with van der Waals surface area (Å²) in [6.07, 6.45) is 5.47. The van der Waals surface area contributed by atoms with Crippen LogP contribution < -0.4 is 0 Å². The topological polar surface area (TPSA) is 103 Å². The minimum Gasteiger partial charge on any atom is -0.412 e. The number of Topliss-reactive ketones (excluding diaryl/α,β-unsaturated/α-hetero) is 3. The number of rotatable bonds is 2. The molecule has 2 aliphatic carbocycles. The van der Waals surface area contributed by atoms with Gasteiger partial charge in [0, 0.05) is 18.4 Å². The average Bonchev–Trinajstić information content (AvgIpc) is 2.57. The summed E-state index contributed by atoms with van der Waals surface area (Å²) in [6.45, 7) is 2.40. The normalized spacial score (nSPS) is 26.0. The summed E-state index contributed by atoms with van der Waals surface area (Å²) in [6, 6.07) is 0. The molecular formula is C13H22O5. The molecule has 2 rings (SSSR count). The fourth-order valence-corrected chi connectivity index (χ4v) is 2.37. The molecule has 0 aromatic heterocycles. The van der Waals surface area contributed by atoms with Crippen molar-refractivity contribution in [2.75, 3.05) is 6.61 Å². The Kier molecular flexibility index (Phi) is 7.62. The molecule has 2 fully saturated rings. The Morgan fingerprint density at radius 2 is 1.50 bits per heavy atom. The zero-order valence-electron chi connectivity index (χ0n) is 10.8. The Morgan fingerprint density at radius 3 is 1.78 bits per heavy atom. The lowest BCUT2D eigenvalue weighted by Gasteiger charge is -2.20. The van der Waals surface area contributed by atoms with Crippen molar-refractivity contribution in [1.82, 2.24) is 0 Å². The van der Waals surface area contributed by atoms with Crippen LogP contribution in [0.5, 0.6) is 0 Å². The highest BCUT2D eigenvalue weighted by Gasteiger charge is 2.48. The standard InChI is InChI=1S/C9H10O3.C4H10O.H2O/c10-7-5-3-1-2-4-6(5)8(11)9(7)12;1-2-3-4-5;/h5-6H,1-4H2;5H,2-4H2,1H3;1H2. The molecule has 0 amide bonds. The first-order valence-corrected chi connectivity index (χ1v) is 6.36. The van der Waals surface area contributed by atoms with Gasteiger partial charge in [-0.1, -0.05) is 26.2 Å². The SMILES string of the molecule is CCCCO.O.O=C1C(=O)C2CCCCC2C1=O. The summed E-state index contributed by atoms with van der Waals surface area (Å²) in [5, 5.41) is 8.07. The molecule has 2 aliphatic rings. The van der Waals surface area contributed by atoms with Crippen molar-refractivity contribution >= 4 is 17.3 Å². The van der Waals surface area contributed by atoms with Crippen molar-refractivity contribution in [3.8, 4) is 0 Å². The second-order valence-electron chi connectivity index (χ2n) is 4.63. The van der Waals surface area contributed by atoms with Gasteiger partial charge in [0.2, 0.25) is 11.6 Å². The Morgan fingerprint density at radius 1 is 1.06 bits per heavy atom. The Hall–Kier alpha value is -1.07. The van der Waals surface area contributed by atoms with E-state index in [0.29, 0.717) is 6.61 Å². The summed E-state index contributed by atoms with van der Waals surface area (Å²) < 4.78 is 0. The van der Waals surface area contributed by atoms with Crippen LogP contribution in [0.15, 0.2) is 0 Å². The monoisotopic (exact) mass is 258 g/mol. The number of hydrogen-bond acceptors (Lipinski definition) is 4. The van der Waals surface area contributed by atoms with Gasteiger partial charge in [-0.15, -0.1) is 0 Å². The van der Waals surface area contributed by atoms with E-state index < -0.39 is 17.3 Å². The number of fused-ring (bicyclic) bond motifs is 1. The molecule has 5 nitrogen and oxygen atoms in total. The van der Waals surface area contributed by atoms with Gasteiger partial charge in [0.25, 0.3) is 5.78 Å². The third kappa shape index (κ3) is 3.71. The molecule has 2 saturated carbocycles. The molecule has 18 heavy (non-hydrogen) atoms. The number of aliphatic hydroxyl groups excluding tert-OH is 1. The van der Waals surface area contributed by atoms with E-state index in [1.165, 1.54) is 0 Å². The molecule has 0 aliphatic heterocycles. The number of unbranched alkanes of at least 4 members (excludes halogenated alkanes) is 1. The van der Waals surface area contributed by atoms with Crippen LogP contribution in [0.3, 0.4) is 0 Å². The molecule has 2 unspecified atom stereocenters. The quantitative estimate of drug-likeness (QED) is 0.727. The van der Waals surface area contributed by atoms with Crippen molar-refractivity contribution in [3.63, 3.8) is 0 Å². The van der Waals surface area contributed by atoms with Gasteiger partial charge in [-0.3, -0.25) is 14.4 Å². The predicted octanol–water partition coefficient (Wildman–Crippen LogP) is 0.468. The highest BCUT2D eigenvalue weighted by atomic mass is 16.3. The van der Waals surface area contributed by atoms with Crippen molar-refractivity contribution in [3.05, 3.63) is 0 Å². The van der Waals surface area contributed by atoms with Crippen molar-refractivity contribution in [1.29, 1.82) is 0 Å². The molecule has 5 heteroatoms. The van der Waals surface area contributed by atoms with Gasteiger partial charge in [-0.25, -0.2) is 0 Å². The van der Waals surface area contributed by atoms with Crippen LogP contribution in [-0.4, -0.2) is 34.5 Å². The molecule has 0 heterocycles. The largest absolute Gasteiger partial charge is 0.412 e. The Bertz CT molecular complexity index is 283. The fourth-order valence-electron chi connectivity index (χ4n) is 2.37. The summed E-state index contributed by atoms with van der Waals surface area (Å²) in [7, 11) is 0. The lowest BCUT2D eigenvalue weighted by molar-refractivity contribution is -0.141. The first kappa shape index (κ1) is 16.9. The van der Waals surface area contributed by atoms with Crippen molar-refractivity contribution in [2.24, 2.45) is 11.8 Å². The zero-order valence-corrected chi connectivity index (χ0v) is 10.8. The molecular weight excluding hydrogens is 236 g/mol. The van der Waals surface area contributed by atoms with Crippen LogP contribution in [-0.2, 0) is 14.4 Å². The average molecular weight is 258 g/mol. The maximum absolute atomic E-state index is 11.2. The van der Waals surface area contributed by atoms with E-state index in [-0.39, 0.29) is 17.3 Å². The van der Waals surface area contributed by atoms with Gasteiger partial charge < -0.3 is 10.6 Å². The smallest absolute Gasteiger partial charge is 0.264 e. The summed E-state index contributed by atoms with van der Waals surface area (Å²) in [4.78, 5) is 33.3. The van der Waals surface area contributed by atoms with Gasteiger partial charge >= 0.3 is 0 Å². The Balaban J connectivity index is 0.000000421. The van der Waals surface area contributed by atoms with Crippen molar-refractivity contribution < 1.29 is 25.0 Å². The van der Waals surface area contributed by atoms with Gasteiger partial charge in [-0.05, 0) is 19.3 Å². The van der Waals surface area contributed by atoms with E-state index in [1.807, 2.05) is 0 Å². The fraction of sp³-hybridized carbons (Fsp3) is 0.769. The van der Waals surface area contributed by atoms with Gasteiger partial charge in [-0.2, -0.15) is 0 Å². The van der Waals surface area contributed by atoms with Crippen LogP contribution in [0.4, 0.5) is 0 Å².